The van der Waals surface area contributed by atoms with E-state index < -0.39 is 0 Å². The molecular weight excluding hydrogens is 456 g/mol. The van der Waals surface area contributed by atoms with Crippen molar-refractivity contribution in [1.82, 2.24) is 15.5 Å². The number of carbonyl (C=O) groups is 2. The van der Waals surface area contributed by atoms with Crippen molar-refractivity contribution in [2.45, 2.75) is 32.7 Å². The Morgan fingerprint density at radius 2 is 1.74 bits per heavy atom. The number of amides is 3. The summed E-state index contributed by atoms with van der Waals surface area (Å²) in [5.41, 5.74) is 4.23. The number of likely N-dealkylation sites (tertiary alicyclic amines) is 1. The number of aryl methyl sites for hydroxylation is 2. The third-order valence-corrected chi connectivity index (χ3v) is 7.31. The summed E-state index contributed by atoms with van der Waals surface area (Å²) in [7, 11) is 0. The average molecular weight is 491 g/mol. The van der Waals surface area contributed by atoms with Gasteiger partial charge in [-0.05, 0) is 68.3 Å². The van der Waals surface area contributed by atoms with Gasteiger partial charge in [0.15, 0.2) is 0 Å². The molecule has 6 nitrogen and oxygen atoms in total. The molecule has 2 aromatic carbocycles. The van der Waals surface area contributed by atoms with E-state index in [0.29, 0.717) is 19.0 Å². The number of nitrogens with zero attached hydrogens (tertiary/aromatic N) is 1. The zero-order valence-corrected chi connectivity index (χ0v) is 21.2. The molecule has 0 unspecified atom stereocenters. The van der Waals surface area contributed by atoms with E-state index in [1.54, 1.807) is 11.3 Å². The van der Waals surface area contributed by atoms with Crippen molar-refractivity contribution in [2.75, 3.05) is 31.5 Å². The van der Waals surface area contributed by atoms with Crippen LogP contribution in [0.2, 0.25) is 0 Å². The fourth-order valence-electron chi connectivity index (χ4n) is 4.45. The Balaban J connectivity index is 1.27. The zero-order chi connectivity index (χ0) is 24.6. The molecule has 1 fully saturated rings. The first-order chi connectivity index (χ1) is 17.0. The predicted molar refractivity (Wildman–Crippen MR) is 143 cm³/mol. The van der Waals surface area contributed by atoms with Crippen LogP contribution in [0.5, 0.6) is 0 Å². The van der Waals surface area contributed by atoms with Crippen LogP contribution in [-0.2, 0) is 4.79 Å². The maximum atomic E-state index is 13.0. The molecule has 3 aromatic rings. The van der Waals surface area contributed by atoms with Crippen LogP contribution in [0.3, 0.4) is 0 Å². The number of benzene rings is 2. The van der Waals surface area contributed by atoms with Gasteiger partial charge >= 0.3 is 6.03 Å². The van der Waals surface area contributed by atoms with Crippen molar-refractivity contribution >= 4 is 29.0 Å². The Bertz CT molecular complexity index is 1100. The molecule has 2 atom stereocenters. The number of rotatable bonds is 8. The molecule has 0 bridgehead atoms. The Labute approximate surface area is 211 Å². The van der Waals surface area contributed by atoms with Crippen LogP contribution < -0.4 is 16.0 Å². The lowest BCUT2D eigenvalue weighted by molar-refractivity contribution is -0.123. The maximum Gasteiger partial charge on any atom is 0.319 e. The zero-order valence-electron chi connectivity index (χ0n) is 20.4. The van der Waals surface area contributed by atoms with E-state index in [2.05, 4.69) is 58.1 Å². The minimum atomic E-state index is -0.194. The van der Waals surface area contributed by atoms with Gasteiger partial charge in [-0.25, -0.2) is 4.79 Å². The monoisotopic (exact) mass is 490 g/mol. The number of nitrogens with one attached hydrogen (secondary N) is 3. The number of hydrogen-bond donors (Lipinski definition) is 3. The molecule has 0 spiro atoms. The van der Waals surface area contributed by atoms with E-state index in [1.807, 2.05) is 42.6 Å². The third-order valence-electron chi connectivity index (χ3n) is 6.37. The van der Waals surface area contributed by atoms with Crippen LogP contribution in [0.1, 0.15) is 40.5 Å². The standard InChI is InChI=1S/C28H34N4O2S/c1-20-7-11-23(12-8-20)27(25-6-4-16-35-25)31-26(33)19-32-15-3-5-22(18-32)17-29-28(34)30-24-13-9-21(2)10-14-24/h4,6-14,16,22,27H,3,5,15,17-19H2,1-2H3,(H,31,33)(H2,29,30,34)/t22-,27-/m1/s1. The fourth-order valence-corrected chi connectivity index (χ4v) is 5.26. The summed E-state index contributed by atoms with van der Waals surface area (Å²) >= 11 is 1.65. The van der Waals surface area contributed by atoms with Crippen LogP contribution in [0.25, 0.3) is 0 Å². The van der Waals surface area contributed by atoms with Gasteiger partial charge < -0.3 is 16.0 Å². The smallest absolute Gasteiger partial charge is 0.319 e. The number of anilines is 1. The van der Waals surface area contributed by atoms with Gasteiger partial charge in [-0.2, -0.15) is 0 Å². The van der Waals surface area contributed by atoms with Gasteiger partial charge in [0.2, 0.25) is 5.91 Å². The van der Waals surface area contributed by atoms with Crippen LogP contribution in [0.15, 0.2) is 66.0 Å². The first kappa shape index (κ1) is 24.9. The van der Waals surface area contributed by atoms with Crippen LogP contribution >= 0.6 is 11.3 Å². The molecule has 0 saturated carbocycles. The fraction of sp³-hybridized carbons (Fsp3) is 0.357. The molecule has 1 saturated heterocycles. The number of carbonyl (C=O) groups excluding carboxylic acids is 2. The van der Waals surface area contributed by atoms with Crippen LogP contribution in [0.4, 0.5) is 10.5 Å². The quantitative estimate of drug-likeness (QED) is 0.411. The Morgan fingerprint density at radius 3 is 2.43 bits per heavy atom. The second kappa shape index (κ2) is 12.0. The summed E-state index contributed by atoms with van der Waals surface area (Å²) in [6.45, 7) is 6.73. The predicted octanol–water partition coefficient (Wildman–Crippen LogP) is 5.10. The highest BCUT2D eigenvalue weighted by Crippen LogP contribution is 2.26. The molecule has 3 amide bonds. The topological polar surface area (TPSA) is 73.5 Å². The van der Waals surface area contributed by atoms with Gasteiger partial charge in [0.05, 0.1) is 12.6 Å². The van der Waals surface area contributed by atoms with Gasteiger partial charge in [-0.1, -0.05) is 53.6 Å². The average Bonchev–Trinajstić information content (AvgIpc) is 3.38. The lowest BCUT2D eigenvalue weighted by atomic mass is 9.98. The van der Waals surface area contributed by atoms with E-state index in [0.717, 1.165) is 47.6 Å². The summed E-state index contributed by atoms with van der Waals surface area (Å²) < 4.78 is 0. The third kappa shape index (κ3) is 7.41. The van der Waals surface area contributed by atoms with E-state index in [-0.39, 0.29) is 18.0 Å². The SMILES string of the molecule is Cc1ccc(NC(=O)NC[C@H]2CCCN(CC(=O)N[C@H](c3ccc(C)cc3)c3cccs3)C2)cc1. The summed E-state index contributed by atoms with van der Waals surface area (Å²) in [6, 6.07) is 19.8. The van der Waals surface area contributed by atoms with Crippen molar-refractivity contribution in [3.05, 3.63) is 87.6 Å². The molecule has 0 radical (unpaired) electrons. The van der Waals surface area contributed by atoms with Gasteiger partial charge in [-0.15, -0.1) is 11.3 Å². The molecule has 7 heteroatoms. The number of urea groups is 1. The van der Waals surface area contributed by atoms with Gasteiger partial charge in [-0.3, -0.25) is 9.69 Å². The summed E-state index contributed by atoms with van der Waals surface area (Å²) in [5, 5.41) is 11.2. The highest BCUT2D eigenvalue weighted by molar-refractivity contribution is 7.10. The van der Waals surface area contributed by atoms with Crippen molar-refractivity contribution in [2.24, 2.45) is 5.92 Å². The minimum Gasteiger partial charge on any atom is -0.343 e. The Morgan fingerprint density at radius 1 is 1.03 bits per heavy atom. The first-order valence-corrected chi connectivity index (χ1v) is 13.1. The van der Waals surface area contributed by atoms with E-state index >= 15 is 0 Å². The van der Waals surface area contributed by atoms with Crippen molar-refractivity contribution in [3.8, 4) is 0 Å². The van der Waals surface area contributed by atoms with Gasteiger partial charge in [0.25, 0.3) is 0 Å². The molecule has 1 aromatic heterocycles. The number of hydrogen-bond acceptors (Lipinski definition) is 4. The highest BCUT2D eigenvalue weighted by Gasteiger charge is 2.24. The van der Waals surface area contributed by atoms with E-state index in [4.69, 9.17) is 0 Å². The van der Waals surface area contributed by atoms with E-state index in [9.17, 15) is 9.59 Å². The summed E-state index contributed by atoms with van der Waals surface area (Å²) in [4.78, 5) is 28.6. The molecule has 35 heavy (non-hydrogen) atoms. The van der Waals surface area contributed by atoms with Crippen molar-refractivity contribution in [3.63, 3.8) is 0 Å². The molecule has 0 aliphatic carbocycles. The normalized spacial score (nSPS) is 16.9. The van der Waals surface area contributed by atoms with Crippen molar-refractivity contribution < 1.29 is 9.59 Å². The lowest BCUT2D eigenvalue weighted by Crippen LogP contribution is -2.46. The molecule has 4 rings (SSSR count). The Hall–Kier alpha value is -3.16. The second-order valence-corrected chi connectivity index (χ2v) is 10.4. The maximum absolute atomic E-state index is 13.0. The highest BCUT2D eigenvalue weighted by atomic mass is 32.1. The number of thiophene rings is 1. The largest absolute Gasteiger partial charge is 0.343 e. The van der Waals surface area contributed by atoms with Crippen molar-refractivity contribution in [1.29, 1.82) is 0 Å². The van der Waals surface area contributed by atoms with Gasteiger partial charge in [0.1, 0.15) is 0 Å². The molecule has 2 heterocycles. The van der Waals surface area contributed by atoms with E-state index in [1.165, 1.54) is 5.56 Å². The van der Waals surface area contributed by atoms with Gasteiger partial charge in [0, 0.05) is 23.7 Å². The summed E-state index contributed by atoms with van der Waals surface area (Å²) in [6.07, 6.45) is 2.07. The van der Waals surface area contributed by atoms with Crippen LogP contribution in [-0.4, -0.2) is 43.0 Å². The second-order valence-electron chi connectivity index (χ2n) is 9.37. The molecule has 1 aliphatic heterocycles. The minimum absolute atomic E-state index is 0.0229. The lowest BCUT2D eigenvalue weighted by Gasteiger charge is -2.32. The summed E-state index contributed by atoms with van der Waals surface area (Å²) in [5.74, 6) is 0.347. The molecular formula is C28H34N4O2S. The molecule has 184 valence electrons. The van der Waals surface area contributed by atoms with Crippen LogP contribution in [0, 0.1) is 19.8 Å². The number of piperidine rings is 1. The Kier molecular flexibility index (Phi) is 8.55. The molecule has 3 N–H and O–H groups in total. The molecule has 1 aliphatic rings. The first-order valence-electron chi connectivity index (χ1n) is 12.2.